The van der Waals surface area contributed by atoms with E-state index in [2.05, 4.69) is 15.5 Å². The van der Waals surface area contributed by atoms with Crippen molar-refractivity contribution in [1.82, 2.24) is 10.2 Å². The Morgan fingerprint density at radius 2 is 1.82 bits per heavy atom. The number of nitrogens with zero attached hydrogens (tertiary/aromatic N) is 2. The Balaban J connectivity index is 2.52. The minimum atomic E-state index is -0.410. The molecule has 0 atom stereocenters. The van der Waals surface area contributed by atoms with Crippen LogP contribution >= 0.6 is 0 Å². The summed E-state index contributed by atoms with van der Waals surface area (Å²) in [5, 5.41) is 22.9. The minimum Gasteiger partial charge on any atom is -0.394 e. The number of aliphatic hydroxyl groups excluding tert-OH is 1. The standard InChI is InChI=1S/C13H17N3O/c1-9-10-6-4-5-7-11(10)12(16-15-9)14-13(2,3)8-17/h4-7,17H,8H2,1-3H3,(H,14,16). The van der Waals surface area contributed by atoms with Gasteiger partial charge in [-0.3, -0.25) is 0 Å². The predicted molar refractivity (Wildman–Crippen MR) is 69.1 cm³/mol. The Bertz CT molecular complexity index is 537. The van der Waals surface area contributed by atoms with Crippen molar-refractivity contribution < 1.29 is 5.11 Å². The number of fused-ring (bicyclic) bond motifs is 1. The third-order valence-corrected chi connectivity index (χ3v) is 2.72. The maximum Gasteiger partial charge on any atom is 0.157 e. The van der Waals surface area contributed by atoms with Crippen LogP contribution in [0.15, 0.2) is 24.3 Å². The zero-order chi connectivity index (χ0) is 12.5. The summed E-state index contributed by atoms with van der Waals surface area (Å²) in [7, 11) is 0. The molecular formula is C13H17N3O. The normalized spacial score (nSPS) is 11.8. The van der Waals surface area contributed by atoms with Gasteiger partial charge in [0.25, 0.3) is 0 Å². The fourth-order valence-corrected chi connectivity index (χ4v) is 1.69. The van der Waals surface area contributed by atoms with Crippen molar-refractivity contribution >= 4 is 16.6 Å². The monoisotopic (exact) mass is 231 g/mol. The lowest BCUT2D eigenvalue weighted by molar-refractivity contribution is 0.234. The summed E-state index contributed by atoms with van der Waals surface area (Å²) in [6.07, 6.45) is 0. The van der Waals surface area contributed by atoms with Gasteiger partial charge in [-0.05, 0) is 20.8 Å². The van der Waals surface area contributed by atoms with E-state index in [1.165, 1.54) is 0 Å². The molecule has 1 aromatic carbocycles. The van der Waals surface area contributed by atoms with E-state index in [1.807, 2.05) is 45.0 Å². The topological polar surface area (TPSA) is 58.0 Å². The van der Waals surface area contributed by atoms with Crippen molar-refractivity contribution in [2.75, 3.05) is 11.9 Å². The van der Waals surface area contributed by atoms with Gasteiger partial charge in [-0.25, -0.2) is 0 Å². The molecule has 4 nitrogen and oxygen atoms in total. The molecule has 0 unspecified atom stereocenters. The number of aromatic nitrogens is 2. The maximum atomic E-state index is 9.27. The van der Waals surface area contributed by atoms with Crippen LogP contribution in [-0.4, -0.2) is 27.4 Å². The fourth-order valence-electron chi connectivity index (χ4n) is 1.69. The van der Waals surface area contributed by atoms with Gasteiger partial charge >= 0.3 is 0 Å². The van der Waals surface area contributed by atoms with E-state index in [4.69, 9.17) is 0 Å². The number of aliphatic hydroxyl groups is 1. The van der Waals surface area contributed by atoms with Gasteiger partial charge in [-0.2, -0.15) is 5.10 Å². The summed E-state index contributed by atoms with van der Waals surface area (Å²) < 4.78 is 0. The number of nitrogens with one attached hydrogen (secondary N) is 1. The lowest BCUT2D eigenvalue weighted by Crippen LogP contribution is -2.35. The van der Waals surface area contributed by atoms with Crippen LogP contribution in [0.25, 0.3) is 10.8 Å². The highest BCUT2D eigenvalue weighted by Crippen LogP contribution is 2.24. The van der Waals surface area contributed by atoms with E-state index >= 15 is 0 Å². The quantitative estimate of drug-likeness (QED) is 0.849. The summed E-state index contributed by atoms with van der Waals surface area (Å²) >= 11 is 0. The summed E-state index contributed by atoms with van der Waals surface area (Å²) in [6, 6.07) is 7.99. The number of hydrogen-bond acceptors (Lipinski definition) is 4. The van der Waals surface area contributed by atoms with Crippen LogP contribution in [0.5, 0.6) is 0 Å². The molecule has 0 spiro atoms. The molecule has 0 amide bonds. The molecule has 0 radical (unpaired) electrons. The van der Waals surface area contributed by atoms with Crippen molar-refractivity contribution in [3.05, 3.63) is 30.0 Å². The molecule has 90 valence electrons. The molecular weight excluding hydrogens is 214 g/mol. The van der Waals surface area contributed by atoms with E-state index in [1.54, 1.807) is 0 Å². The molecule has 0 aliphatic heterocycles. The Labute approximate surface area is 101 Å². The van der Waals surface area contributed by atoms with Crippen LogP contribution in [0, 0.1) is 6.92 Å². The third-order valence-electron chi connectivity index (χ3n) is 2.72. The Morgan fingerprint density at radius 3 is 2.47 bits per heavy atom. The first kappa shape index (κ1) is 11.8. The molecule has 0 saturated heterocycles. The average molecular weight is 231 g/mol. The van der Waals surface area contributed by atoms with Crippen LogP contribution in [0.3, 0.4) is 0 Å². The second-order valence-corrected chi connectivity index (χ2v) is 4.85. The van der Waals surface area contributed by atoms with E-state index in [0.29, 0.717) is 5.82 Å². The maximum absolute atomic E-state index is 9.27. The van der Waals surface area contributed by atoms with E-state index in [9.17, 15) is 5.11 Å². The minimum absolute atomic E-state index is 0.0386. The Morgan fingerprint density at radius 1 is 1.18 bits per heavy atom. The van der Waals surface area contributed by atoms with E-state index in [0.717, 1.165) is 16.5 Å². The molecule has 0 fully saturated rings. The second kappa shape index (κ2) is 4.30. The lowest BCUT2D eigenvalue weighted by Gasteiger charge is -2.24. The first-order valence-electron chi connectivity index (χ1n) is 5.64. The van der Waals surface area contributed by atoms with E-state index in [-0.39, 0.29) is 6.61 Å². The van der Waals surface area contributed by atoms with Crippen molar-refractivity contribution in [3.8, 4) is 0 Å². The van der Waals surface area contributed by atoms with Crippen molar-refractivity contribution in [2.24, 2.45) is 0 Å². The summed E-state index contributed by atoms with van der Waals surface area (Å²) in [5.74, 6) is 0.713. The first-order chi connectivity index (χ1) is 8.03. The van der Waals surface area contributed by atoms with Gasteiger partial charge in [-0.15, -0.1) is 5.10 Å². The predicted octanol–water partition coefficient (Wildman–Crippen LogP) is 2.12. The smallest absolute Gasteiger partial charge is 0.157 e. The van der Waals surface area contributed by atoms with Gasteiger partial charge in [0, 0.05) is 10.8 Å². The second-order valence-electron chi connectivity index (χ2n) is 4.85. The molecule has 1 aromatic heterocycles. The average Bonchev–Trinajstić information content (AvgIpc) is 2.33. The number of hydrogen-bond donors (Lipinski definition) is 2. The van der Waals surface area contributed by atoms with Crippen LogP contribution < -0.4 is 5.32 Å². The zero-order valence-electron chi connectivity index (χ0n) is 10.4. The molecule has 0 aliphatic rings. The summed E-state index contributed by atoms with van der Waals surface area (Å²) in [6.45, 7) is 5.82. The van der Waals surface area contributed by atoms with Crippen LogP contribution in [-0.2, 0) is 0 Å². The van der Waals surface area contributed by atoms with Gasteiger partial charge in [0.2, 0.25) is 0 Å². The number of rotatable bonds is 3. The highest BCUT2D eigenvalue weighted by molar-refractivity contribution is 5.93. The molecule has 2 rings (SSSR count). The van der Waals surface area contributed by atoms with Gasteiger partial charge in [0.15, 0.2) is 5.82 Å². The van der Waals surface area contributed by atoms with Gasteiger partial charge in [-0.1, -0.05) is 24.3 Å². The van der Waals surface area contributed by atoms with Crippen LogP contribution in [0.4, 0.5) is 5.82 Å². The van der Waals surface area contributed by atoms with Gasteiger partial charge in [0.05, 0.1) is 17.8 Å². The molecule has 0 aliphatic carbocycles. The molecule has 17 heavy (non-hydrogen) atoms. The molecule has 4 heteroatoms. The van der Waals surface area contributed by atoms with Crippen LogP contribution in [0.1, 0.15) is 19.5 Å². The molecule has 2 N–H and O–H groups in total. The largest absolute Gasteiger partial charge is 0.394 e. The summed E-state index contributed by atoms with van der Waals surface area (Å²) in [5.41, 5.74) is 0.500. The molecule has 0 bridgehead atoms. The van der Waals surface area contributed by atoms with Crippen molar-refractivity contribution in [1.29, 1.82) is 0 Å². The SMILES string of the molecule is Cc1nnc(NC(C)(C)CO)c2ccccc12. The van der Waals surface area contributed by atoms with Crippen LogP contribution in [0.2, 0.25) is 0 Å². The van der Waals surface area contributed by atoms with Crippen molar-refractivity contribution in [3.63, 3.8) is 0 Å². The van der Waals surface area contributed by atoms with E-state index < -0.39 is 5.54 Å². The van der Waals surface area contributed by atoms with Crippen molar-refractivity contribution in [2.45, 2.75) is 26.3 Å². The highest BCUT2D eigenvalue weighted by atomic mass is 16.3. The Kier molecular flexibility index (Phi) is 2.98. The lowest BCUT2D eigenvalue weighted by atomic mass is 10.1. The number of anilines is 1. The number of aryl methyl sites for hydroxylation is 1. The first-order valence-corrected chi connectivity index (χ1v) is 5.64. The molecule has 2 aromatic rings. The third kappa shape index (κ3) is 2.36. The Hall–Kier alpha value is -1.68. The van der Waals surface area contributed by atoms with Gasteiger partial charge in [0.1, 0.15) is 0 Å². The molecule has 1 heterocycles. The fraction of sp³-hybridized carbons (Fsp3) is 0.385. The number of benzene rings is 1. The van der Waals surface area contributed by atoms with Gasteiger partial charge < -0.3 is 10.4 Å². The highest BCUT2D eigenvalue weighted by Gasteiger charge is 2.18. The zero-order valence-corrected chi connectivity index (χ0v) is 10.4. The molecule has 0 saturated carbocycles. The summed E-state index contributed by atoms with van der Waals surface area (Å²) in [4.78, 5) is 0.